The molecule has 1 heterocycles. The monoisotopic (exact) mass is 262 g/mol. The van der Waals surface area contributed by atoms with Crippen molar-refractivity contribution in [3.63, 3.8) is 0 Å². The Morgan fingerprint density at radius 3 is 2.84 bits per heavy atom. The molecule has 0 aromatic heterocycles. The van der Waals surface area contributed by atoms with Gasteiger partial charge < -0.3 is 14.5 Å². The van der Waals surface area contributed by atoms with E-state index < -0.39 is 0 Å². The summed E-state index contributed by atoms with van der Waals surface area (Å²) < 4.78 is 5.20. The van der Waals surface area contributed by atoms with Crippen molar-refractivity contribution >= 4 is 11.8 Å². The number of ether oxygens (including phenoxy) is 1. The molecule has 1 atom stereocenters. The van der Waals surface area contributed by atoms with Crippen LogP contribution in [0.25, 0.3) is 0 Å². The molecule has 0 saturated carbocycles. The minimum Gasteiger partial charge on any atom is -0.497 e. The van der Waals surface area contributed by atoms with E-state index >= 15 is 0 Å². The topological polar surface area (TPSA) is 49.9 Å². The molecule has 2 amide bonds. The fourth-order valence-corrected chi connectivity index (χ4v) is 2.34. The maximum atomic E-state index is 12.0. The van der Waals surface area contributed by atoms with Gasteiger partial charge in [0.05, 0.1) is 19.7 Å². The standard InChI is InChI=1S/C14H18N2O3/c1-10(17)8-16-9-13(15(2)14(16)18)11-5-4-6-12(7-11)19-3/h4-7,13H,8-9H2,1-3H3. The fourth-order valence-electron chi connectivity index (χ4n) is 2.34. The number of urea groups is 1. The van der Waals surface area contributed by atoms with Gasteiger partial charge in [-0.15, -0.1) is 0 Å². The minimum atomic E-state index is -0.108. The Morgan fingerprint density at radius 1 is 1.47 bits per heavy atom. The number of carbonyl (C=O) groups is 2. The third-order valence-electron chi connectivity index (χ3n) is 3.33. The van der Waals surface area contributed by atoms with Gasteiger partial charge in [0.15, 0.2) is 0 Å². The number of hydrogen-bond donors (Lipinski definition) is 0. The molecule has 0 radical (unpaired) electrons. The van der Waals surface area contributed by atoms with Crippen molar-refractivity contribution in [2.45, 2.75) is 13.0 Å². The molecule has 102 valence electrons. The van der Waals surface area contributed by atoms with Crippen LogP contribution in [0.15, 0.2) is 24.3 Å². The third-order valence-corrected chi connectivity index (χ3v) is 3.33. The highest BCUT2D eigenvalue weighted by molar-refractivity contribution is 5.85. The van der Waals surface area contributed by atoms with Gasteiger partial charge in [-0.25, -0.2) is 4.79 Å². The number of ketones is 1. The average molecular weight is 262 g/mol. The Bertz CT molecular complexity index is 501. The molecular formula is C14H18N2O3. The summed E-state index contributed by atoms with van der Waals surface area (Å²) in [6, 6.07) is 7.51. The van der Waals surface area contributed by atoms with E-state index in [2.05, 4.69) is 0 Å². The van der Waals surface area contributed by atoms with Crippen LogP contribution in [0.5, 0.6) is 5.75 Å². The van der Waals surface area contributed by atoms with Crippen LogP contribution < -0.4 is 4.74 Å². The molecule has 1 aliphatic heterocycles. The molecule has 0 aliphatic carbocycles. The molecule has 0 spiro atoms. The van der Waals surface area contributed by atoms with E-state index in [1.165, 1.54) is 6.92 Å². The first kappa shape index (κ1) is 13.4. The van der Waals surface area contributed by atoms with Gasteiger partial charge in [0.25, 0.3) is 0 Å². The highest BCUT2D eigenvalue weighted by Gasteiger charge is 2.35. The van der Waals surface area contributed by atoms with Gasteiger partial charge in [0.1, 0.15) is 11.5 Å². The molecule has 1 aromatic rings. The summed E-state index contributed by atoms with van der Waals surface area (Å²) >= 11 is 0. The molecule has 1 saturated heterocycles. The van der Waals surface area contributed by atoms with Gasteiger partial charge in [0, 0.05) is 13.6 Å². The normalized spacial score (nSPS) is 18.9. The molecule has 1 aromatic carbocycles. The van der Waals surface area contributed by atoms with E-state index in [9.17, 15) is 9.59 Å². The average Bonchev–Trinajstić information content (AvgIpc) is 2.67. The first-order valence-electron chi connectivity index (χ1n) is 6.18. The minimum absolute atomic E-state index is 0.00644. The Balaban J connectivity index is 2.21. The number of carbonyl (C=O) groups excluding carboxylic acids is 2. The van der Waals surface area contributed by atoms with Gasteiger partial charge in [-0.2, -0.15) is 0 Å². The summed E-state index contributed by atoms with van der Waals surface area (Å²) in [4.78, 5) is 26.5. The van der Waals surface area contributed by atoms with E-state index in [0.29, 0.717) is 6.54 Å². The van der Waals surface area contributed by atoms with E-state index in [1.54, 1.807) is 24.0 Å². The molecule has 1 unspecified atom stereocenters. The zero-order valence-corrected chi connectivity index (χ0v) is 11.4. The first-order chi connectivity index (χ1) is 9.02. The van der Waals surface area contributed by atoms with Crippen molar-refractivity contribution < 1.29 is 14.3 Å². The van der Waals surface area contributed by atoms with E-state index in [4.69, 9.17) is 4.74 Å². The Morgan fingerprint density at radius 2 is 2.21 bits per heavy atom. The third kappa shape index (κ3) is 2.70. The van der Waals surface area contributed by atoms with E-state index in [0.717, 1.165) is 11.3 Å². The lowest BCUT2D eigenvalue weighted by atomic mass is 10.1. The molecule has 0 bridgehead atoms. The second-order valence-corrected chi connectivity index (χ2v) is 4.77. The van der Waals surface area contributed by atoms with Crippen LogP contribution in [0.2, 0.25) is 0 Å². The highest BCUT2D eigenvalue weighted by Crippen LogP contribution is 2.29. The summed E-state index contributed by atoms with van der Waals surface area (Å²) in [6.07, 6.45) is 0. The predicted molar refractivity (Wildman–Crippen MR) is 71.1 cm³/mol. The van der Waals surface area contributed by atoms with Crippen LogP contribution in [0.4, 0.5) is 4.79 Å². The maximum Gasteiger partial charge on any atom is 0.320 e. The first-order valence-corrected chi connectivity index (χ1v) is 6.18. The Hall–Kier alpha value is -2.04. The van der Waals surface area contributed by atoms with Crippen molar-refractivity contribution in [2.24, 2.45) is 0 Å². The second-order valence-electron chi connectivity index (χ2n) is 4.77. The molecule has 5 nitrogen and oxygen atoms in total. The molecule has 5 heteroatoms. The zero-order valence-electron chi connectivity index (χ0n) is 11.4. The summed E-state index contributed by atoms with van der Waals surface area (Å²) in [5, 5.41) is 0. The number of hydrogen-bond acceptors (Lipinski definition) is 3. The van der Waals surface area contributed by atoms with Crippen LogP contribution in [-0.2, 0) is 4.79 Å². The lowest BCUT2D eigenvalue weighted by molar-refractivity contribution is -0.117. The highest BCUT2D eigenvalue weighted by atomic mass is 16.5. The van der Waals surface area contributed by atoms with Gasteiger partial charge in [0.2, 0.25) is 0 Å². The molecule has 2 rings (SSSR count). The largest absolute Gasteiger partial charge is 0.497 e. The van der Waals surface area contributed by atoms with Gasteiger partial charge in [-0.3, -0.25) is 4.79 Å². The summed E-state index contributed by atoms with van der Waals surface area (Å²) in [5.41, 5.74) is 1.02. The number of benzene rings is 1. The van der Waals surface area contributed by atoms with Crippen LogP contribution in [0.1, 0.15) is 18.5 Å². The lowest BCUT2D eigenvalue weighted by Gasteiger charge is -2.18. The van der Waals surface area contributed by atoms with Crippen molar-refractivity contribution in [3.05, 3.63) is 29.8 Å². The maximum absolute atomic E-state index is 12.0. The quantitative estimate of drug-likeness (QED) is 0.829. The number of likely N-dealkylation sites (N-methyl/N-ethyl adjacent to an activating group) is 1. The van der Waals surface area contributed by atoms with Gasteiger partial charge in [-0.1, -0.05) is 12.1 Å². The smallest absolute Gasteiger partial charge is 0.320 e. The molecule has 1 fully saturated rings. The zero-order chi connectivity index (χ0) is 14.0. The molecule has 0 N–H and O–H groups in total. The fraction of sp³-hybridized carbons (Fsp3) is 0.429. The molecule has 1 aliphatic rings. The number of Topliss-reactive ketones (excluding diaryl/α,β-unsaturated/α-hetero) is 1. The van der Waals surface area contributed by atoms with Crippen molar-refractivity contribution in [2.75, 3.05) is 27.2 Å². The van der Waals surface area contributed by atoms with Crippen molar-refractivity contribution in [1.29, 1.82) is 0 Å². The van der Waals surface area contributed by atoms with Crippen molar-refractivity contribution in [1.82, 2.24) is 9.80 Å². The summed E-state index contributed by atoms with van der Waals surface area (Å²) in [6.45, 7) is 2.19. The number of methoxy groups -OCH3 is 1. The van der Waals surface area contributed by atoms with E-state index in [-0.39, 0.29) is 24.4 Å². The summed E-state index contributed by atoms with van der Waals surface area (Å²) in [5.74, 6) is 0.761. The number of rotatable bonds is 4. The Labute approximate surface area is 112 Å². The molecule has 19 heavy (non-hydrogen) atoms. The van der Waals surface area contributed by atoms with Gasteiger partial charge in [-0.05, 0) is 24.6 Å². The SMILES string of the molecule is COc1cccc(C2CN(CC(C)=O)C(=O)N2C)c1. The molecular weight excluding hydrogens is 244 g/mol. The van der Waals surface area contributed by atoms with Crippen molar-refractivity contribution in [3.8, 4) is 5.75 Å². The van der Waals surface area contributed by atoms with Crippen LogP contribution in [0, 0.1) is 0 Å². The number of nitrogens with zero attached hydrogens (tertiary/aromatic N) is 2. The van der Waals surface area contributed by atoms with Crippen LogP contribution in [-0.4, -0.2) is 48.9 Å². The van der Waals surface area contributed by atoms with Crippen LogP contribution >= 0.6 is 0 Å². The number of amides is 2. The lowest BCUT2D eigenvalue weighted by Crippen LogP contribution is -2.32. The summed E-state index contributed by atoms with van der Waals surface area (Å²) in [7, 11) is 3.37. The van der Waals surface area contributed by atoms with E-state index in [1.807, 2.05) is 24.3 Å². The Kier molecular flexibility index (Phi) is 3.74. The van der Waals surface area contributed by atoms with Gasteiger partial charge >= 0.3 is 6.03 Å². The second kappa shape index (κ2) is 5.30. The van der Waals surface area contributed by atoms with Crippen LogP contribution in [0.3, 0.4) is 0 Å². The predicted octanol–water partition coefficient (Wildman–Crippen LogP) is 1.69.